The van der Waals surface area contributed by atoms with E-state index in [1.165, 1.54) is 22.2 Å². The van der Waals surface area contributed by atoms with E-state index in [1.54, 1.807) is 0 Å². The van der Waals surface area contributed by atoms with Gasteiger partial charge in [0.2, 0.25) is 0 Å². The van der Waals surface area contributed by atoms with Gasteiger partial charge >= 0.3 is 0 Å². The van der Waals surface area contributed by atoms with Crippen LogP contribution in [0, 0.1) is 0 Å². The van der Waals surface area contributed by atoms with Crippen LogP contribution in [-0.4, -0.2) is 13.1 Å². The van der Waals surface area contributed by atoms with E-state index in [0.29, 0.717) is 0 Å². The van der Waals surface area contributed by atoms with E-state index < -0.39 is 8.07 Å². The van der Waals surface area contributed by atoms with Gasteiger partial charge in [-0.2, -0.15) is 0 Å². The van der Waals surface area contributed by atoms with Crippen molar-refractivity contribution >= 4 is 29.6 Å². The van der Waals surface area contributed by atoms with Crippen LogP contribution < -0.4 is 0 Å². The van der Waals surface area contributed by atoms with Gasteiger partial charge in [-0.05, 0) is 25.0 Å². The highest BCUT2D eigenvalue weighted by Crippen LogP contribution is 2.23. The van der Waals surface area contributed by atoms with Gasteiger partial charge in [-0.25, -0.2) is 4.98 Å². The molecule has 3 heteroatoms. The average Bonchev–Trinajstić information content (AvgIpc) is 2.57. The summed E-state index contributed by atoms with van der Waals surface area (Å²) < 4.78 is 1.32. The van der Waals surface area contributed by atoms with Crippen molar-refractivity contribution in [2.24, 2.45) is 0 Å². The summed E-state index contributed by atoms with van der Waals surface area (Å²) in [5.41, 5.74) is 1.16. The third kappa shape index (κ3) is 3.16. The van der Waals surface area contributed by atoms with Gasteiger partial charge in [-0.1, -0.05) is 37.8 Å². The van der Waals surface area contributed by atoms with Crippen molar-refractivity contribution in [2.75, 3.05) is 0 Å². The van der Waals surface area contributed by atoms with Gasteiger partial charge in [0, 0.05) is 8.07 Å². The molecule has 0 atom stereocenters. The molecule has 0 fully saturated rings. The van der Waals surface area contributed by atoms with Gasteiger partial charge in [-0.15, -0.1) is 11.3 Å². The normalized spacial score (nSPS) is 12.2. The molecular formula is C13H19NSSi. The Morgan fingerprint density at radius 1 is 1.19 bits per heavy atom. The lowest BCUT2D eigenvalue weighted by Gasteiger charge is -2.14. The quantitative estimate of drug-likeness (QED) is 0.723. The highest BCUT2D eigenvalue weighted by atomic mass is 32.1. The summed E-state index contributed by atoms with van der Waals surface area (Å²) >= 11 is 1.85. The molecule has 0 unspecified atom stereocenters. The molecule has 0 radical (unpaired) electrons. The lowest BCUT2D eigenvalue weighted by Crippen LogP contribution is -2.18. The Morgan fingerprint density at radius 3 is 2.62 bits per heavy atom. The third-order valence-corrected chi connectivity index (χ3v) is 5.61. The molecule has 0 aliphatic rings. The zero-order valence-corrected chi connectivity index (χ0v) is 12.1. The Hall–Kier alpha value is -0.673. The number of hydrogen-bond donors (Lipinski definition) is 0. The Bertz CT molecular complexity index is 437. The highest BCUT2D eigenvalue weighted by molar-refractivity contribution is 7.18. The smallest absolute Gasteiger partial charge is 0.0938 e. The Kier molecular flexibility index (Phi) is 3.45. The van der Waals surface area contributed by atoms with Gasteiger partial charge in [0.05, 0.1) is 15.2 Å². The topological polar surface area (TPSA) is 12.9 Å². The number of benzene rings is 1. The van der Waals surface area contributed by atoms with Crippen molar-refractivity contribution in [1.29, 1.82) is 0 Å². The molecule has 1 heterocycles. The van der Waals surface area contributed by atoms with Gasteiger partial charge < -0.3 is 0 Å². The minimum atomic E-state index is -0.873. The third-order valence-electron chi connectivity index (χ3n) is 2.66. The summed E-state index contributed by atoms with van der Waals surface area (Å²) in [7, 11) is -0.873. The molecule has 0 aliphatic heterocycles. The van der Waals surface area contributed by atoms with E-state index in [9.17, 15) is 0 Å². The van der Waals surface area contributed by atoms with Crippen molar-refractivity contribution in [3.05, 3.63) is 29.3 Å². The number of nitrogens with zero attached hydrogens (tertiary/aromatic N) is 1. The first-order chi connectivity index (χ1) is 7.54. The minimum absolute atomic E-state index is 0.873. The summed E-state index contributed by atoms with van der Waals surface area (Å²) in [6, 6.07) is 9.83. The summed E-state index contributed by atoms with van der Waals surface area (Å²) in [5, 5.41) is 1.31. The van der Waals surface area contributed by atoms with Crippen molar-refractivity contribution in [3.63, 3.8) is 0 Å². The molecule has 2 aromatic rings. The molecule has 2 rings (SSSR count). The van der Waals surface area contributed by atoms with E-state index in [1.807, 2.05) is 11.3 Å². The molecular weight excluding hydrogens is 230 g/mol. The van der Waals surface area contributed by atoms with Crippen molar-refractivity contribution in [1.82, 2.24) is 4.98 Å². The molecule has 0 N–H and O–H groups in total. The molecule has 16 heavy (non-hydrogen) atoms. The maximum atomic E-state index is 4.67. The van der Waals surface area contributed by atoms with E-state index in [0.717, 1.165) is 11.9 Å². The largest absolute Gasteiger partial charge is 0.241 e. The van der Waals surface area contributed by atoms with Crippen LogP contribution in [0.1, 0.15) is 11.4 Å². The summed E-state index contributed by atoms with van der Waals surface area (Å²) in [5.74, 6) is 0. The lowest BCUT2D eigenvalue weighted by molar-refractivity contribution is 0.894. The summed E-state index contributed by atoms with van der Waals surface area (Å²) in [6.45, 7) is 7.31. The number of aryl methyl sites for hydroxylation is 1. The SMILES string of the molecule is C[Si](C)(C)CCCc1nc2ccccc2s1. The fourth-order valence-corrected chi connectivity index (χ4v) is 4.04. The van der Waals surface area contributed by atoms with E-state index in [2.05, 4.69) is 48.9 Å². The van der Waals surface area contributed by atoms with Gasteiger partial charge in [0.15, 0.2) is 0 Å². The van der Waals surface area contributed by atoms with Crippen LogP contribution in [0.15, 0.2) is 24.3 Å². The number of para-hydroxylation sites is 1. The molecule has 0 amide bonds. The molecule has 1 nitrogen and oxygen atoms in total. The average molecular weight is 249 g/mol. The van der Waals surface area contributed by atoms with Crippen molar-refractivity contribution < 1.29 is 0 Å². The van der Waals surface area contributed by atoms with E-state index in [-0.39, 0.29) is 0 Å². The van der Waals surface area contributed by atoms with Crippen LogP contribution in [0.4, 0.5) is 0 Å². The second-order valence-electron chi connectivity index (χ2n) is 5.49. The van der Waals surface area contributed by atoms with Crippen LogP contribution in [-0.2, 0) is 6.42 Å². The number of fused-ring (bicyclic) bond motifs is 1. The second-order valence-corrected chi connectivity index (χ2v) is 12.2. The molecule has 1 aromatic heterocycles. The fraction of sp³-hybridized carbons (Fsp3) is 0.462. The number of rotatable bonds is 4. The van der Waals surface area contributed by atoms with Gasteiger partial charge in [-0.3, -0.25) is 0 Å². The Balaban J connectivity index is 2.00. The molecule has 0 spiro atoms. The van der Waals surface area contributed by atoms with Crippen LogP contribution in [0.2, 0.25) is 25.7 Å². The van der Waals surface area contributed by atoms with Crippen LogP contribution in [0.3, 0.4) is 0 Å². The number of aromatic nitrogens is 1. The molecule has 1 aromatic carbocycles. The van der Waals surface area contributed by atoms with Crippen molar-refractivity contribution in [2.45, 2.75) is 38.5 Å². The lowest BCUT2D eigenvalue weighted by atomic mass is 10.3. The van der Waals surface area contributed by atoms with Crippen LogP contribution in [0.5, 0.6) is 0 Å². The fourth-order valence-electron chi connectivity index (χ4n) is 1.80. The van der Waals surface area contributed by atoms with Gasteiger partial charge in [0.25, 0.3) is 0 Å². The number of thiazole rings is 1. The molecule has 0 bridgehead atoms. The molecule has 0 saturated heterocycles. The first kappa shape index (κ1) is 11.8. The zero-order valence-electron chi connectivity index (χ0n) is 10.3. The predicted molar refractivity (Wildman–Crippen MR) is 76.1 cm³/mol. The Labute approximate surface area is 103 Å². The maximum absolute atomic E-state index is 4.67. The predicted octanol–water partition coefficient (Wildman–Crippen LogP) is 4.57. The molecule has 86 valence electrons. The van der Waals surface area contributed by atoms with E-state index >= 15 is 0 Å². The summed E-state index contributed by atoms with van der Waals surface area (Å²) in [6.07, 6.45) is 2.46. The van der Waals surface area contributed by atoms with Crippen molar-refractivity contribution in [3.8, 4) is 0 Å². The van der Waals surface area contributed by atoms with E-state index in [4.69, 9.17) is 0 Å². The molecule has 0 aliphatic carbocycles. The summed E-state index contributed by atoms with van der Waals surface area (Å²) in [4.78, 5) is 4.67. The Morgan fingerprint density at radius 2 is 1.94 bits per heavy atom. The standard InChI is InChI=1S/C13H19NSSi/c1-16(2,3)10-6-9-13-14-11-7-4-5-8-12(11)15-13/h4-5,7-8H,6,9-10H2,1-3H3. The van der Waals surface area contributed by atoms with Crippen LogP contribution in [0.25, 0.3) is 10.2 Å². The first-order valence-corrected chi connectivity index (χ1v) is 10.4. The highest BCUT2D eigenvalue weighted by Gasteiger charge is 2.12. The zero-order chi connectivity index (χ0) is 11.6. The maximum Gasteiger partial charge on any atom is 0.0938 e. The first-order valence-electron chi connectivity index (χ1n) is 5.89. The minimum Gasteiger partial charge on any atom is -0.241 e. The van der Waals surface area contributed by atoms with Crippen LogP contribution >= 0.6 is 11.3 Å². The number of hydrogen-bond acceptors (Lipinski definition) is 2. The van der Waals surface area contributed by atoms with Gasteiger partial charge in [0.1, 0.15) is 0 Å². The second kappa shape index (κ2) is 4.68. The monoisotopic (exact) mass is 249 g/mol. The molecule has 0 saturated carbocycles.